The molecule has 2 aliphatic heterocycles. The van der Waals surface area contributed by atoms with E-state index in [-0.39, 0.29) is 31.1 Å². The maximum Gasteiger partial charge on any atom is 0.255 e. The lowest BCUT2D eigenvalue weighted by Gasteiger charge is -2.35. The Hall–Kier alpha value is -0.940. The number of ether oxygens (including phenoxy) is 1. The van der Waals surface area contributed by atoms with Crippen molar-refractivity contribution in [1.82, 2.24) is 10.2 Å². The second-order valence-corrected chi connectivity index (χ2v) is 4.57. The van der Waals surface area contributed by atoms with Gasteiger partial charge in [0.2, 0.25) is 0 Å². The Morgan fingerprint density at radius 3 is 2.69 bits per heavy atom. The second-order valence-electron chi connectivity index (χ2n) is 4.57. The summed E-state index contributed by atoms with van der Waals surface area (Å²) < 4.78 is 4.88. The average Bonchev–Trinajstić information content (AvgIpc) is 2.26. The Kier molecular flexibility index (Phi) is 3.56. The van der Waals surface area contributed by atoms with E-state index in [0.717, 1.165) is 13.0 Å². The fourth-order valence-corrected chi connectivity index (χ4v) is 2.28. The zero-order valence-electron chi connectivity index (χ0n) is 9.57. The number of nitrogens with one attached hydrogen (secondary N) is 1. The van der Waals surface area contributed by atoms with Crippen LogP contribution in [0.15, 0.2) is 0 Å². The lowest BCUT2D eigenvalue weighted by molar-refractivity contribution is -0.159. The maximum absolute atomic E-state index is 11.5. The van der Waals surface area contributed by atoms with Crippen LogP contribution in [-0.2, 0) is 14.3 Å². The molecule has 0 aromatic carbocycles. The molecule has 2 unspecified atom stereocenters. The summed E-state index contributed by atoms with van der Waals surface area (Å²) in [6.45, 7) is 3.69. The Morgan fingerprint density at radius 2 is 2.06 bits per heavy atom. The van der Waals surface area contributed by atoms with Gasteiger partial charge in [-0.05, 0) is 25.3 Å². The monoisotopic (exact) mass is 226 g/mol. The van der Waals surface area contributed by atoms with E-state index in [1.807, 2.05) is 0 Å². The SMILES string of the molecule is CC1CCCNC1CN1C(=O)COCC1=O. The summed E-state index contributed by atoms with van der Waals surface area (Å²) in [5.41, 5.74) is 0. The van der Waals surface area contributed by atoms with E-state index in [4.69, 9.17) is 4.74 Å². The third kappa shape index (κ3) is 2.41. The zero-order chi connectivity index (χ0) is 11.5. The number of carbonyl (C=O) groups is 2. The highest BCUT2D eigenvalue weighted by Crippen LogP contribution is 2.17. The van der Waals surface area contributed by atoms with Crippen molar-refractivity contribution in [3.8, 4) is 0 Å². The number of carbonyl (C=O) groups excluding carboxylic acids is 2. The molecule has 16 heavy (non-hydrogen) atoms. The van der Waals surface area contributed by atoms with E-state index in [1.54, 1.807) is 0 Å². The molecule has 5 nitrogen and oxygen atoms in total. The van der Waals surface area contributed by atoms with Gasteiger partial charge >= 0.3 is 0 Å². The molecule has 0 radical (unpaired) electrons. The molecule has 90 valence electrons. The molecule has 0 aromatic heterocycles. The smallest absolute Gasteiger partial charge is 0.255 e. The first-order valence-electron chi connectivity index (χ1n) is 5.83. The largest absolute Gasteiger partial charge is 0.362 e. The molecular weight excluding hydrogens is 208 g/mol. The van der Waals surface area contributed by atoms with Gasteiger partial charge in [0, 0.05) is 12.6 Å². The van der Waals surface area contributed by atoms with Crippen LogP contribution in [0.1, 0.15) is 19.8 Å². The van der Waals surface area contributed by atoms with Gasteiger partial charge in [0.15, 0.2) is 0 Å². The first-order valence-corrected chi connectivity index (χ1v) is 5.83. The number of imide groups is 1. The molecule has 2 aliphatic rings. The first-order chi connectivity index (χ1) is 7.68. The third-order valence-electron chi connectivity index (χ3n) is 3.36. The average molecular weight is 226 g/mol. The molecule has 5 heteroatoms. The molecule has 0 bridgehead atoms. The Balaban J connectivity index is 1.96. The Bertz CT molecular complexity index is 277. The minimum Gasteiger partial charge on any atom is -0.362 e. The number of amides is 2. The maximum atomic E-state index is 11.5. The summed E-state index contributed by atoms with van der Waals surface area (Å²) in [7, 11) is 0. The van der Waals surface area contributed by atoms with Crippen molar-refractivity contribution >= 4 is 11.8 Å². The van der Waals surface area contributed by atoms with Gasteiger partial charge < -0.3 is 10.1 Å². The van der Waals surface area contributed by atoms with E-state index in [9.17, 15) is 9.59 Å². The molecule has 2 rings (SSSR count). The van der Waals surface area contributed by atoms with Gasteiger partial charge in [-0.3, -0.25) is 14.5 Å². The fourth-order valence-electron chi connectivity index (χ4n) is 2.28. The normalized spacial score (nSPS) is 31.9. The van der Waals surface area contributed by atoms with Crippen molar-refractivity contribution in [3.05, 3.63) is 0 Å². The van der Waals surface area contributed by atoms with Crippen LogP contribution in [0.2, 0.25) is 0 Å². The second kappa shape index (κ2) is 4.93. The van der Waals surface area contributed by atoms with Crippen LogP contribution in [0.5, 0.6) is 0 Å². The van der Waals surface area contributed by atoms with Gasteiger partial charge in [-0.1, -0.05) is 6.92 Å². The lowest BCUT2D eigenvalue weighted by Crippen LogP contribution is -2.54. The number of piperidine rings is 1. The summed E-state index contributed by atoms with van der Waals surface area (Å²) in [6, 6.07) is 0.236. The summed E-state index contributed by atoms with van der Waals surface area (Å²) >= 11 is 0. The molecule has 2 fully saturated rings. The van der Waals surface area contributed by atoms with Crippen molar-refractivity contribution in [1.29, 1.82) is 0 Å². The van der Waals surface area contributed by atoms with Gasteiger partial charge in [0.05, 0.1) is 0 Å². The summed E-state index contributed by atoms with van der Waals surface area (Å²) in [4.78, 5) is 24.4. The van der Waals surface area contributed by atoms with E-state index < -0.39 is 0 Å². The fraction of sp³-hybridized carbons (Fsp3) is 0.818. The van der Waals surface area contributed by atoms with Crippen molar-refractivity contribution in [2.75, 3.05) is 26.3 Å². The highest BCUT2D eigenvalue weighted by molar-refractivity contribution is 5.98. The standard InChI is InChI=1S/C11H18N2O3/c1-8-3-2-4-12-9(8)5-13-10(14)6-16-7-11(13)15/h8-9,12H,2-7H2,1H3. The number of hydrogen-bond donors (Lipinski definition) is 1. The third-order valence-corrected chi connectivity index (χ3v) is 3.36. The quantitative estimate of drug-likeness (QED) is 0.660. The van der Waals surface area contributed by atoms with E-state index >= 15 is 0 Å². The van der Waals surface area contributed by atoms with Crippen molar-refractivity contribution in [2.45, 2.75) is 25.8 Å². The van der Waals surface area contributed by atoms with Crippen molar-refractivity contribution in [3.63, 3.8) is 0 Å². The van der Waals surface area contributed by atoms with Crippen LogP contribution in [0.3, 0.4) is 0 Å². The number of morpholine rings is 1. The van der Waals surface area contributed by atoms with Crippen LogP contribution in [0.25, 0.3) is 0 Å². The van der Waals surface area contributed by atoms with Crippen LogP contribution < -0.4 is 5.32 Å². The van der Waals surface area contributed by atoms with Gasteiger partial charge in [-0.15, -0.1) is 0 Å². The highest BCUT2D eigenvalue weighted by Gasteiger charge is 2.31. The summed E-state index contributed by atoms with van der Waals surface area (Å²) in [5.74, 6) is 0.0869. The van der Waals surface area contributed by atoms with E-state index in [1.165, 1.54) is 11.3 Å². The van der Waals surface area contributed by atoms with Gasteiger partial charge in [-0.25, -0.2) is 0 Å². The molecule has 2 amide bonds. The van der Waals surface area contributed by atoms with Crippen LogP contribution in [0, 0.1) is 5.92 Å². The van der Waals surface area contributed by atoms with Gasteiger partial charge in [-0.2, -0.15) is 0 Å². The molecule has 1 N–H and O–H groups in total. The first kappa shape index (κ1) is 11.5. The van der Waals surface area contributed by atoms with E-state index in [2.05, 4.69) is 12.2 Å². The molecular formula is C11H18N2O3. The highest BCUT2D eigenvalue weighted by atomic mass is 16.5. The predicted octanol–water partition coefficient (Wildman–Crippen LogP) is -0.240. The Labute approximate surface area is 95.1 Å². The molecule has 2 heterocycles. The molecule has 2 atom stereocenters. The predicted molar refractivity (Wildman–Crippen MR) is 57.7 cm³/mol. The Morgan fingerprint density at radius 1 is 1.38 bits per heavy atom. The van der Waals surface area contributed by atoms with Crippen LogP contribution in [-0.4, -0.2) is 49.1 Å². The topological polar surface area (TPSA) is 58.6 Å². The molecule has 0 aliphatic carbocycles. The van der Waals surface area contributed by atoms with Gasteiger partial charge in [0.1, 0.15) is 13.2 Å². The summed E-state index contributed by atoms with van der Waals surface area (Å²) in [5, 5.41) is 3.37. The number of rotatable bonds is 2. The number of nitrogens with zero attached hydrogens (tertiary/aromatic N) is 1. The lowest BCUT2D eigenvalue weighted by atomic mass is 9.92. The molecule has 0 saturated carbocycles. The van der Waals surface area contributed by atoms with Crippen LogP contribution in [0.4, 0.5) is 0 Å². The molecule has 0 spiro atoms. The number of hydrogen-bond acceptors (Lipinski definition) is 4. The molecule has 0 aromatic rings. The van der Waals surface area contributed by atoms with Crippen LogP contribution >= 0.6 is 0 Å². The summed E-state index contributed by atoms with van der Waals surface area (Å²) in [6.07, 6.45) is 2.33. The van der Waals surface area contributed by atoms with Crippen molar-refractivity contribution < 1.29 is 14.3 Å². The molecule has 2 saturated heterocycles. The van der Waals surface area contributed by atoms with Crippen molar-refractivity contribution in [2.24, 2.45) is 5.92 Å². The van der Waals surface area contributed by atoms with E-state index in [0.29, 0.717) is 12.5 Å². The van der Waals surface area contributed by atoms with Gasteiger partial charge in [0.25, 0.3) is 11.8 Å². The minimum atomic E-state index is -0.212. The zero-order valence-corrected chi connectivity index (χ0v) is 9.57. The minimum absolute atomic E-state index is 0.0346.